The summed E-state index contributed by atoms with van der Waals surface area (Å²) in [4.78, 5) is 19.6. The van der Waals surface area contributed by atoms with E-state index < -0.39 is 17.7 Å². The third-order valence-electron chi connectivity index (χ3n) is 4.60. The van der Waals surface area contributed by atoms with Crippen LogP contribution in [0.2, 0.25) is 0 Å². The summed E-state index contributed by atoms with van der Waals surface area (Å²) in [5.74, 6) is -1.14. The highest BCUT2D eigenvalue weighted by molar-refractivity contribution is 5.96. The van der Waals surface area contributed by atoms with Gasteiger partial charge in [-0.25, -0.2) is 13.8 Å². The number of H-pyrrole nitrogens is 1. The summed E-state index contributed by atoms with van der Waals surface area (Å²) in [7, 11) is 0. The molecule has 1 aromatic heterocycles. The van der Waals surface area contributed by atoms with Crippen molar-refractivity contribution in [1.82, 2.24) is 9.97 Å². The minimum atomic E-state index is -0.572. The third-order valence-corrected chi connectivity index (χ3v) is 4.60. The SMILES string of the molecule is NC[C@H]1CC[C@@H](C(=O)Nc2ccc3nc(-c4cc(F)ccc4F)[nH]c3c2)O1. The molecule has 4 N–H and O–H groups in total. The van der Waals surface area contributed by atoms with Crippen molar-refractivity contribution in [3.05, 3.63) is 48.0 Å². The number of nitrogens with one attached hydrogen (secondary N) is 2. The lowest BCUT2D eigenvalue weighted by Crippen LogP contribution is -2.29. The van der Waals surface area contributed by atoms with Gasteiger partial charge in [-0.3, -0.25) is 4.79 Å². The Kier molecular flexibility index (Phi) is 4.59. The Morgan fingerprint density at radius 2 is 2.11 bits per heavy atom. The Morgan fingerprint density at radius 3 is 2.89 bits per heavy atom. The van der Waals surface area contributed by atoms with Crippen molar-refractivity contribution in [3.8, 4) is 11.4 Å². The largest absolute Gasteiger partial charge is 0.364 e. The first-order valence-corrected chi connectivity index (χ1v) is 8.65. The number of nitrogens with zero attached hydrogens (tertiary/aromatic N) is 1. The Morgan fingerprint density at radius 1 is 1.26 bits per heavy atom. The van der Waals surface area contributed by atoms with Crippen LogP contribution in [-0.4, -0.2) is 34.6 Å². The first-order chi connectivity index (χ1) is 13.0. The molecule has 0 saturated carbocycles. The van der Waals surface area contributed by atoms with Crippen LogP contribution >= 0.6 is 0 Å². The van der Waals surface area contributed by atoms with Crippen molar-refractivity contribution in [2.75, 3.05) is 11.9 Å². The van der Waals surface area contributed by atoms with Gasteiger partial charge < -0.3 is 20.8 Å². The second-order valence-corrected chi connectivity index (χ2v) is 6.49. The van der Waals surface area contributed by atoms with E-state index in [0.29, 0.717) is 29.7 Å². The van der Waals surface area contributed by atoms with Gasteiger partial charge in [0, 0.05) is 12.2 Å². The molecule has 1 aliphatic rings. The molecule has 1 saturated heterocycles. The number of hydrogen-bond donors (Lipinski definition) is 3. The summed E-state index contributed by atoms with van der Waals surface area (Å²) in [6.45, 7) is 0.392. The van der Waals surface area contributed by atoms with Crippen molar-refractivity contribution in [2.24, 2.45) is 5.73 Å². The number of hydrogen-bond acceptors (Lipinski definition) is 4. The smallest absolute Gasteiger partial charge is 0.253 e. The molecule has 1 amide bonds. The lowest BCUT2D eigenvalue weighted by molar-refractivity contribution is -0.126. The highest BCUT2D eigenvalue weighted by atomic mass is 19.1. The molecular formula is C19H18F2N4O2. The molecule has 6 nitrogen and oxygen atoms in total. The van der Waals surface area contributed by atoms with E-state index in [1.165, 1.54) is 0 Å². The summed E-state index contributed by atoms with van der Waals surface area (Å²) in [6.07, 6.45) is 0.784. The standard InChI is InChI=1S/C19H18F2N4O2/c20-10-1-4-14(21)13(7-10)18-24-15-5-2-11(8-16(15)25-18)23-19(26)17-6-3-12(9-22)27-17/h1-2,4-5,7-8,12,17H,3,6,9,22H2,(H,23,26)(H,24,25)/t12-,17+/m1/s1. The number of benzene rings is 2. The fourth-order valence-corrected chi connectivity index (χ4v) is 3.19. The average Bonchev–Trinajstić information content (AvgIpc) is 3.30. The minimum absolute atomic E-state index is 0.0453. The predicted octanol–water partition coefficient (Wildman–Crippen LogP) is 2.95. The number of amides is 1. The number of ether oxygens (including phenoxy) is 1. The Bertz CT molecular complexity index is 1000. The van der Waals surface area contributed by atoms with Crippen LogP contribution in [0.3, 0.4) is 0 Å². The van der Waals surface area contributed by atoms with E-state index in [1.807, 2.05) is 0 Å². The molecule has 0 unspecified atom stereocenters. The first kappa shape index (κ1) is 17.6. The molecule has 2 atom stereocenters. The van der Waals surface area contributed by atoms with Gasteiger partial charge in [-0.05, 0) is 49.2 Å². The van der Waals surface area contributed by atoms with Crippen LogP contribution in [0, 0.1) is 11.6 Å². The maximum Gasteiger partial charge on any atom is 0.253 e. The fraction of sp³-hybridized carbons (Fsp3) is 0.263. The summed E-state index contributed by atoms with van der Waals surface area (Å²) in [6, 6.07) is 8.27. The molecule has 0 aliphatic carbocycles. The average molecular weight is 372 g/mol. The molecule has 3 aromatic rings. The number of imidazole rings is 1. The minimum Gasteiger partial charge on any atom is -0.364 e. The molecule has 8 heteroatoms. The summed E-state index contributed by atoms with van der Waals surface area (Å²) in [5.41, 5.74) is 7.34. The number of anilines is 1. The van der Waals surface area contributed by atoms with E-state index in [4.69, 9.17) is 10.5 Å². The molecule has 2 aromatic carbocycles. The normalized spacial score (nSPS) is 19.5. The fourth-order valence-electron chi connectivity index (χ4n) is 3.19. The number of carbonyl (C=O) groups is 1. The lowest BCUT2D eigenvalue weighted by atomic mass is 10.2. The van der Waals surface area contributed by atoms with E-state index in [2.05, 4.69) is 15.3 Å². The zero-order chi connectivity index (χ0) is 19.0. The van der Waals surface area contributed by atoms with Gasteiger partial charge in [-0.15, -0.1) is 0 Å². The van der Waals surface area contributed by atoms with Gasteiger partial charge in [0.2, 0.25) is 0 Å². The molecule has 1 fully saturated rings. The van der Waals surface area contributed by atoms with Crippen LogP contribution in [-0.2, 0) is 9.53 Å². The van der Waals surface area contributed by atoms with Gasteiger partial charge >= 0.3 is 0 Å². The van der Waals surface area contributed by atoms with Gasteiger partial charge in [-0.2, -0.15) is 0 Å². The van der Waals surface area contributed by atoms with E-state index in [-0.39, 0.29) is 23.4 Å². The number of rotatable bonds is 4. The number of nitrogens with two attached hydrogens (primary N) is 1. The number of aromatic nitrogens is 2. The maximum atomic E-state index is 14.0. The number of fused-ring (bicyclic) bond motifs is 1. The van der Waals surface area contributed by atoms with Crippen LogP contribution in [0.4, 0.5) is 14.5 Å². The zero-order valence-electron chi connectivity index (χ0n) is 14.3. The Balaban J connectivity index is 1.56. The molecule has 0 spiro atoms. The second kappa shape index (κ2) is 7.05. The number of aromatic amines is 1. The monoisotopic (exact) mass is 372 g/mol. The van der Waals surface area contributed by atoms with Crippen LogP contribution in [0.5, 0.6) is 0 Å². The molecule has 4 rings (SSSR count). The molecule has 0 bridgehead atoms. The van der Waals surface area contributed by atoms with E-state index in [9.17, 15) is 13.6 Å². The summed E-state index contributed by atoms with van der Waals surface area (Å²) in [5, 5.41) is 2.80. The van der Waals surface area contributed by atoms with Crippen LogP contribution < -0.4 is 11.1 Å². The van der Waals surface area contributed by atoms with E-state index >= 15 is 0 Å². The molecular weight excluding hydrogens is 354 g/mol. The second-order valence-electron chi connectivity index (χ2n) is 6.49. The molecule has 0 radical (unpaired) electrons. The first-order valence-electron chi connectivity index (χ1n) is 8.65. The van der Waals surface area contributed by atoms with Crippen LogP contribution in [0.15, 0.2) is 36.4 Å². The highest BCUT2D eigenvalue weighted by Gasteiger charge is 2.29. The van der Waals surface area contributed by atoms with Gasteiger partial charge in [0.15, 0.2) is 0 Å². The number of halogens is 2. The lowest BCUT2D eigenvalue weighted by Gasteiger charge is -2.12. The Hall–Kier alpha value is -2.84. The zero-order valence-corrected chi connectivity index (χ0v) is 14.3. The van der Waals surface area contributed by atoms with Crippen molar-refractivity contribution in [3.63, 3.8) is 0 Å². The summed E-state index contributed by atoms with van der Waals surface area (Å²) >= 11 is 0. The molecule has 2 heterocycles. The highest BCUT2D eigenvalue weighted by Crippen LogP contribution is 2.26. The maximum absolute atomic E-state index is 14.0. The van der Waals surface area contributed by atoms with E-state index in [1.54, 1.807) is 18.2 Å². The topological polar surface area (TPSA) is 93.0 Å². The van der Waals surface area contributed by atoms with Crippen molar-refractivity contribution in [2.45, 2.75) is 25.0 Å². The van der Waals surface area contributed by atoms with Crippen molar-refractivity contribution in [1.29, 1.82) is 0 Å². The molecule has 1 aliphatic heterocycles. The summed E-state index contributed by atoms with van der Waals surface area (Å²) < 4.78 is 33.0. The van der Waals surface area contributed by atoms with Crippen LogP contribution in [0.1, 0.15) is 12.8 Å². The molecule has 27 heavy (non-hydrogen) atoms. The third kappa shape index (κ3) is 3.54. The van der Waals surface area contributed by atoms with Crippen molar-refractivity contribution >= 4 is 22.6 Å². The van der Waals surface area contributed by atoms with Crippen LogP contribution in [0.25, 0.3) is 22.4 Å². The quantitative estimate of drug-likeness (QED) is 0.656. The van der Waals surface area contributed by atoms with Gasteiger partial charge in [0.25, 0.3) is 5.91 Å². The molecule has 140 valence electrons. The predicted molar refractivity (Wildman–Crippen MR) is 97.0 cm³/mol. The van der Waals surface area contributed by atoms with Gasteiger partial charge in [-0.1, -0.05) is 0 Å². The van der Waals surface area contributed by atoms with Crippen molar-refractivity contribution < 1.29 is 18.3 Å². The van der Waals surface area contributed by atoms with Gasteiger partial charge in [0.05, 0.1) is 22.7 Å². The Labute approximate surface area is 153 Å². The number of carbonyl (C=O) groups excluding carboxylic acids is 1. The van der Waals surface area contributed by atoms with Gasteiger partial charge in [0.1, 0.15) is 23.6 Å². The van der Waals surface area contributed by atoms with E-state index in [0.717, 1.165) is 24.6 Å².